The molecule has 2 unspecified atom stereocenters. The summed E-state index contributed by atoms with van der Waals surface area (Å²) < 4.78 is 18.8. The molecule has 0 aliphatic carbocycles. The topological polar surface area (TPSA) is 29.5 Å². The molecule has 106 valence electrons. The quantitative estimate of drug-likeness (QED) is 0.920. The fourth-order valence-electron chi connectivity index (χ4n) is 2.55. The maximum atomic E-state index is 13.1. The Kier molecular flexibility index (Phi) is 4.49. The van der Waals surface area contributed by atoms with Crippen molar-refractivity contribution < 1.29 is 14.2 Å². The Balaban J connectivity index is 2.09. The maximum Gasteiger partial charge on any atom is 0.141 e. The molecule has 0 aromatic heterocycles. The van der Waals surface area contributed by atoms with E-state index in [1.807, 2.05) is 0 Å². The highest BCUT2D eigenvalue weighted by Crippen LogP contribution is 2.32. The van der Waals surface area contributed by atoms with Gasteiger partial charge in [0.05, 0.1) is 16.7 Å². The van der Waals surface area contributed by atoms with Crippen LogP contribution in [-0.2, 0) is 11.2 Å². The molecule has 0 amide bonds. The summed E-state index contributed by atoms with van der Waals surface area (Å²) in [5.41, 5.74) is 0.0762. The van der Waals surface area contributed by atoms with Crippen molar-refractivity contribution in [2.24, 2.45) is 5.92 Å². The number of benzene rings is 1. The summed E-state index contributed by atoms with van der Waals surface area (Å²) in [5, 5.41) is 10.8. The third kappa shape index (κ3) is 3.68. The molecule has 0 saturated carbocycles. The summed E-state index contributed by atoms with van der Waals surface area (Å²) in [6.45, 7) is 4.74. The first-order valence-corrected chi connectivity index (χ1v) is 7.05. The van der Waals surface area contributed by atoms with Crippen LogP contribution in [0.15, 0.2) is 18.2 Å². The molecule has 2 rings (SSSR count). The van der Waals surface area contributed by atoms with Gasteiger partial charge < -0.3 is 9.84 Å². The highest BCUT2D eigenvalue weighted by atomic mass is 35.5. The van der Waals surface area contributed by atoms with E-state index in [4.69, 9.17) is 16.3 Å². The van der Waals surface area contributed by atoms with Gasteiger partial charge in [-0.25, -0.2) is 4.39 Å². The number of ether oxygens (including phenoxy) is 1. The van der Waals surface area contributed by atoms with Gasteiger partial charge in [-0.05, 0) is 30.0 Å². The van der Waals surface area contributed by atoms with Gasteiger partial charge >= 0.3 is 0 Å². The number of rotatable bonds is 3. The summed E-state index contributed by atoms with van der Waals surface area (Å²) in [5.74, 6) is -0.0481. The Bertz CT molecular complexity index is 450. The third-order valence-corrected chi connectivity index (χ3v) is 4.03. The van der Waals surface area contributed by atoms with Gasteiger partial charge in [0.15, 0.2) is 0 Å². The van der Waals surface area contributed by atoms with Gasteiger partial charge in [-0.2, -0.15) is 0 Å². The van der Waals surface area contributed by atoms with E-state index in [1.165, 1.54) is 6.07 Å². The van der Waals surface area contributed by atoms with Crippen LogP contribution < -0.4 is 0 Å². The van der Waals surface area contributed by atoms with Crippen LogP contribution in [0.5, 0.6) is 0 Å². The molecule has 1 heterocycles. The van der Waals surface area contributed by atoms with Crippen molar-refractivity contribution in [1.29, 1.82) is 0 Å². The second-order valence-electron chi connectivity index (χ2n) is 5.76. The van der Waals surface area contributed by atoms with E-state index in [0.29, 0.717) is 31.8 Å². The predicted molar refractivity (Wildman–Crippen MR) is 73.9 cm³/mol. The van der Waals surface area contributed by atoms with Crippen LogP contribution in [-0.4, -0.2) is 23.4 Å². The first-order valence-electron chi connectivity index (χ1n) is 6.67. The van der Waals surface area contributed by atoms with Gasteiger partial charge in [-0.3, -0.25) is 0 Å². The molecular formula is C15H20ClFO2. The lowest BCUT2D eigenvalue weighted by Gasteiger charge is -2.38. The number of halogens is 2. The van der Waals surface area contributed by atoms with Crippen molar-refractivity contribution >= 4 is 11.6 Å². The van der Waals surface area contributed by atoms with Gasteiger partial charge in [-0.1, -0.05) is 31.5 Å². The van der Waals surface area contributed by atoms with Crippen LogP contribution in [0.4, 0.5) is 4.39 Å². The molecule has 1 N–H and O–H groups in total. The predicted octanol–water partition coefficient (Wildman–Crippen LogP) is 3.59. The number of aliphatic hydroxyl groups is 1. The average molecular weight is 287 g/mol. The summed E-state index contributed by atoms with van der Waals surface area (Å²) in [6.07, 6.45) is 1.78. The Labute approximate surface area is 118 Å². The van der Waals surface area contributed by atoms with Gasteiger partial charge in [0.1, 0.15) is 5.82 Å². The SMILES string of the molecule is CC(C)C1CC(O)(Cc2ccc(F)c(Cl)c2)CCO1. The molecule has 2 nitrogen and oxygen atoms in total. The Morgan fingerprint density at radius 1 is 1.53 bits per heavy atom. The van der Waals surface area contributed by atoms with Crippen LogP contribution in [0.3, 0.4) is 0 Å². The molecule has 1 saturated heterocycles. The molecule has 0 spiro atoms. The number of hydrogen-bond acceptors (Lipinski definition) is 2. The first kappa shape index (κ1) is 14.8. The molecule has 0 bridgehead atoms. The van der Waals surface area contributed by atoms with E-state index in [-0.39, 0.29) is 11.1 Å². The first-order chi connectivity index (χ1) is 8.89. The molecule has 4 heteroatoms. The third-order valence-electron chi connectivity index (χ3n) is 3.74. The Hall–Kier alpha value is -0.640. The number of hydrogen-bond donors (Lipinski definition) is 1. The lowest BCUT2D eigenvalue weighted by atomic mass is 9.82. The molecule has 1 aromatic carbocycles. The molecule has 1 aliphatic rings. The van der Waals surface area contributed by atoms with Crippen molar-refractivity contribution in [3.05, 3.63) is 34.6 Å². The van der Waals surface area contributed by atoms with Crippen LogP contribution in [0, 0.1) is 11.7 Å². The summed E-state index contributed by atoms with van der Waals surface area (Å²) in [7, 11) is 0. The second-order valence-corrected chi connectivity index (χ2v) is 6.16. The van der Waals surface area contributed by atoms with Crippen LogP contribution in [0.25, 0.3) is 0 Å². The zero-order valence-electron chi connectivity index (χ0n) is 11.3. The lowest BCUT2D eigenvalue weighted by molar-refractivity contribution is -0.116. The molecule has 2 atom stereocenters. The van der Waals surface area contributed by atoms with Gasteiger partial charge in [0, 0.05) is 19.4 Å². The van der Waals surface area contributed by atoms with E-state index in [2.05, 4.69) is 13.8 Å². The fraction of sp³-hybridized carbons (Fsp3) is 0.600. The lowest BCUT2D eigenvalue weighted by Crippen LogP contribution is -2.44. The van der Waals surface area contributed by atoms with E-state index in [9.17, 15) is 9.50 Å². The largest absolute Gasteiger partial charge is 0.389 e. The van der Waals surface area contributed by atoms with Crippen molar-refractivity contribution in [3.8, 4) is 0 Å². The smallest absolute Gasteiger partial charge is 0.141 e. The molecule has 1 aromatic rings. The average Bonchev–Trinajstić information content (AvgIpc) is 2.33. The van der Waals surface area contributed by atoms with Gasteiger partial charge in [0.2, 0.25) is 0 Å². The standard InChI is InChI=1S/C15H20ClFO2/c1-10(2)14-9-15(18,5-6-19-14)8-11-3-4-13(17)12(16)7-11/h3-4,7,10,14,18H,5-6,8-9H2,1-2H3. The van der Waals surface area contributed by atoms with Crippen LogP contribution in [0.1, 0.15) is 32.3 Å². The van der Waals surface area contributed by atoms with Crippen LogP contribution in [0.2, 0.25) is 5.02 Å². The zero-order chi connectivity index (χ0) is 14.0. The van der Waals surface area contributed by atoms with Crippen LogP contribution >= 0.6 is 11.6 Å². The van der Waals surface area contributed by atoms with Crippen molar-refractivity contribution in [2.45, 2.75) is 44.8 Å². The van der Waals surface area contributed by atoms with E-state index >= 15 is 0 Å². The van der Waals surface area contributed by atoms with Crippen molar-refractivity contribution in [2.75, 3.05) is 6.61 Å². The van der Waals surface area contributed by atoms with Gasteiger partial charge in [0.25, 0.3) is 0 Å². The van der Waals surface area contributed by atoms with E-state index in [0.717, 1.165) is 5.56 Å². The molecule has 1 fully saturated rings. The Morgan fingerprint density at radius 2 is 2.26 bits per heavy atom. The molecular weight excluding hydrogens is 267 g/mol. The summed E-state index contributed by atoms with van der Waals surface area (Å²) >= 11 is 5.77. The molecule has 19 heavy (non-hydrogen) atoms. The van der Waals surface area contributed by atoms with E-state index in [1.54, 1.807) is 12.1 Å². The minimum atomic E-state index is -0.783. The van der Waals surface area contributed by atoms with E-state index < -0.39 is 11.4 Å². The Morgan fingerprint density at radius 3 is 2.89 bits per heavy atom. The van der Waals surface area contributed by atoms with Crippen molar-refractivity contribution in [1.82, 2.24) is 0 Å². The van der Waals surface area contributed by atoms with Crippen molar-refractivity contribution in [3.63, 3.8) is 0 Å². The highest BCUT2D eigenvalue weighted by Gasteiger charge is 2.36. The molecule has 1 aliphatic heterocycles. The minimum absolute atomic E-state index is 0.0784. The second kappa shape index (κ2) is 5.78. The summed E-state index contributed by atoms with van der Waals surface area (Å²) in [4.78, 5) is 0. The zero-order valence-corrected chi connectivity index (χ0v) is 12.1. The molecule has 0 radical (unpaired) electrons. The minimum Gasteiger partial charge on any atom is -0.389 e. The van der Waals surface area contributed by atoms with Gasteiger partial charge in [-0.15, -0.1) is 0 Å². The maximum absolute atomic E-state index is 13.1. The normalized spacial score (nSPS) is 27.8. The fourth-order valence-corrected chi connectivity index (χ4v) is 2.76. The highest BCUT2D eigenvalue weighted by molar-refractivity contribution is 6.30. The monoisotopic (exact) mass is 286 g/mol. The summed E-state index contributed by atoms with van der Waals surface area (Å²) in [6, 6.07) is 4.62.